The number of hydrogen-bond acceptors (Lipinski definition) is 3. The Hall–Kier alpha value is -0.590. The maximum Gasteiger partial charge on any atom is 0.109 e. The molecule has 0 saturated heterocycles. The van der Waals surface area contributed by atoms with Gasteiger partial charge in [0.1, 0.15) is 5.54 Å². The van der Waals surface area contributed by atoms with Crippen LogP contribution in [0.3, 0.4) is 0 Å². The molecule has 2 aliphatic carbocycles. The zero-order chi connectivity index (χ0) is 12.8. The van der Waals surface area contributed by atoms with Crippen molar-refractivity contribution >= 4 is 0 Å². The van der Waals surface area contributed by atoms with Gasteiger partial charge in [-0.3, -0.25) is 0 Å². The molecule has 0 radical (unpaired) electrons. The van der Waals surface area contributed by atoms with Gasteiger partial charge in [0.2, 0.25) is 0 Å². The molecule has 2 rings (SSSR count). The first-order valence-electron chi connectivity index (χ1n) is 7.50. The molecule has 18 heavy (non-hydrogen) atoms. The standard InChI is InChI=1S/C15H26N2O/c1-17-15(12-16)9-5-8-14(10-15)18-11-13-6-3-2-4-7-13/h13-14,17H,2-11H2,1H3. The Morgan fingerprint density at radius 3 is 2.67 bits per heavy atom. The lowest BCUT2D eigenvalue weighted by Crippen LogP contribution is -2.47. The predicted octanol–water partition coefficient (Wildman–Crippen LogP) is 3.01. The van der Waals surface area contributed by atoms with Crippen molar-refractivity contribution in [1.29, 1.82) is 5.26 Å². The lowest BCUT2D eigenvalue weighted by atomic mass is 9.81. The van der Waals surface area contributed by atoms with Crippen molar-refractivity contribution < 1.29 is 4.74 Å². The van der Waals surface area contributed by atoms with E-state index in [0.717, 1.165) is 38.2 Å². The summed E-state index contributed by atoms with van der Waals surface area (Å²) in [5.74, 6) is 0.770. The monoisotopic (exact) mass is 250 g/mol. The topological polar surface area (TPSA) is 45.0 Å². The minimum Gasteiger partial charge on any atom is -0.378 e. The SMILES string of the molecule is CNC1(C#N)CCCC(OCC2CCCCC2)C1. The second kappa shape index (κ2) is 6.54. The van der Waals surface area contributed by atoms with Crippen molar-refractivity contribution in [2.75, 3.05) is 13.7 Å². The fourth-order valence-corrected chi connectivity index (χ4v) is 3.38. The Morgan fingerprint density at radius 2 is 2.00 bits per heavy atom. The molecule has 2 unspecified atom stereocenters. The zero-order valence-electron chi connectivity index (χ0n) is 11.6. The largest absolute Gasteiger partial charge is 0.378 e. The molecule has 0 aromatic carbocycles. The molecule has 1 N–H and O–H groups in total. The van der Waals surface area contributed by atoms with Gasteiger partial charge in [0.15, 0.2) is 0 Å². The molecule has 0 aromatic rings. The molecule has 3 heteroatoms. The quantitative estimate of drug-likeness (QED) is 0.834. The fourth-order valence-electron chi connectivity index (χ4n) is 3.38. The fraction of sp³-hybridized carbons (Fsp3) is 0.933. The van der Waals surface area contributed by atoms with Crippen LogP contribution in [0.5, 0.6) is 0 Å². The third-order valence-corrected chi connectivity index (χ3v) is 4.69. The van der Waals surface area contributed by atoms with Gasteiger partial charge in [-0.05, 0) is 45.1 Å². The highest BCUT2D eigenvalue weighted by Gasteiger charge is 2.35. The summed E-state index contributed by atoms with van der Waals surface area (Å²) in [7, 11) is 1.90. The number of hydrogen-bond donors (Lipinski definition) is 1. The van der Waals surface area contributed by atoms with E-state index in [4.69, 9.17) is 4.74 Å². The van der Waals surface area contributed by atoms with E-state index in [9.17, 15) is 5.26 Å². The summed E-state index contributed by atoms with van der Waals surface area (Å²) in [6.07, 6.45) is 11.1. The highest BCUT2D eigenvalue weighted by Crippen LogP contribution is 2.31. The van der Waals surface area contributed by atoms with Crippen LogP contribution in [0.4, 0.5) is 0 Å². The number of nitriles is 1. The third-order valence-electron chi connectivity index (χ3n) is 4.69. The molecule has 0 spiro atoms. The summed E-state index contributed by atoms with van der Waals surface area (Å²) in [6, 6.07) is 2.44. The molecule has 0 aliphatic heterocycles. The van der Waals surface area contributed by atoms with Crippen LogP contribution in [0, 0.1) is 17.2 Å². The number of nitrogens with one attached hydrogen (secondary N) is 1. The highest BCUT2D eigenvalue weighted by atomic mass is 16.5. The van der Waals surface area contributed by atoms with Gasteiger partial charge >= 0.3 is 0 Å². The maximum absolute atomic E-state index is 9.31. The molecule has 0 aromatic heterocycles. The van der Waals surface area contributed by atoms with Gasteiger partial charge in [-0.15, -0.1) is 0 Å². The summed E-state index contributed by atoms with van der Waals surface area (Å²) in [4.78, 5) is 0. The number of nitrogens with zero attached hydrogens (tertiary/aromatic N) is 1. The second-order valence-electron chi connectivity index (χ2n) is 6.00. The van der Waals surface area contributed by atoms with Crippen LogP contribution in [0.2, 0.25) is 0 Å². The highest BCUT2D eigenvalue weighted by molar-refractivity contribution is 5.09. The number of rotatable bonds is 4. The van der Waals surface area contributed by atoms with E-state index in [1.54, 1.807) is 0 Å². The van der Waals surface area contributed by atoms with Gasteiger partial charge in [0.05, 0.1) is 12.2 Å². The van der Waals surface area contributed by atoms with Crippen molar-refractivity contribution in [3.63, 3.8) is 0 Å². The lowest BCUT2D eigenvalue weighted by Gasteiger charge is -2.36. The van der Waals surface area contributed by atoms with E-state index in [1.807, 2.05) is 7.05 Å². The molecule has 0 heterocycles. The van der Waals surface area contributed by atoms with E-state index >= 15 is 0 Å². The summed E-state index contributed by atoms with van der Waals surface area (Å²) in [6.45, 7) is 0.913. The van der Waals surface area contributed by atoms with Crippen LogP contribution in [0.25, 0.3) is 0 Å². The minimum absolute atomic E-state index is 0.285. The smallest absolute Gasteiger partial charge is 0.109 e. The molecular formula is C15H26N2O. The summed E-state index contributed by atoms with van der Waals surface area (Å²) < 4.78 is 6.09. The third kappa shape index (κ3) is 3.46. The second-order valence-corrected chi connectivity index (χ2v) is 6.00. The van der Waals surface area contributed by atoms with Gasteiger partial charge in [0, 0.05) is 13.0 Å². The van der Waals surface area contributed by atoms with E-state index in [2.05, 4.69) is 11.4 Å². The van der Waals surface area contributed by atoms with E-state index < -0.39 is 0 Å². The Bertz CT molecular complexity index is 293. The van der Waals surface area contributed by atoms with Crippen LogP contribution in [0.1, 0.15) is 57.8 Å². The van der Waals surface area contributed by atoms with Crippen LogP contribution >= 0.6 is 0 Å². The lowest BCUT2D eigenvalue weighted by molar-refractivity contribution is -0.0130. The van der Waals surface area contributed by atoms with E-state index in [-0.39, 0.29) is 11.6 Å². The first kappa shape index (κ1) is 13.8. The molecule has 2 fully saturated rings. The van der Waals surface area contributed by atoms with Gasteiger partial charge in [-0.25, -0.2) is 0 Å². The minimum atomic E-state index is -0.338. The van der Waals surface area contributed by atoms with Crippen LogP contribution in [0.15, 0.2) is 0 Å². The van der Waals surface area contributed by atoms with Crippen molar-refractivity contribution in [3.8, 4) is 6.07 Å². The molecule has 0 amide bonds. The molecule has 2 atom stereocenters. The van der Waals surface area contributed by atoms with Crippen molar-refractivity contribution in [2.24, 2.45) is 5.92 Å². The summed E-state index contributed by atoms with van der Waals surface area (Å²) in [5, 5.41) is 12.5. The van der Waals surface area contributed by atoms with Crippen LogP contribution < -0.4 is 5.32 Å². The average molecular weight is 250 g/mol. The van der Waals surface area contributed by atoms with Crippen LogP contribution in [-0.2, 0) is 4.74 Å². The van der Waals surface area contributed by atoms with Crippen molar-refractivity contribution in [1.82, 2.24) is 5.32 Å². The summed E-state index contributed by atoms with van der Waals surface area (Å²) in [5.41, 5.74) is -0.338. The molecule has 3 nitrogen and oxygen atoms in total. The Kier molecular flexibility index (Phi) is 5.03. The van der Waals surface area contributed by atoms with Crippen molar-refractivity contribution in [3.05, 3.63) is 0 Å². The van der Waals surface area contributed by atoms with Gasteiger partial charge in [-0.2, -0.15) is 5.26 Å². The summed E-state index contributed by atoms with van der Waals surface area (Å²) >= 11 is 0. The molecular weight excluding hydrogens is 224 g/mol. The van der Waals surface area contributed by atoms with Crippen LogP contribution in [-0.4, -0.2) is 25.3 Å². The van der Waals surface area contributed by atoms with E-state index in [1.165, 1.54) is 32.1 Å². The molecule has 2 saturated carbocycles. The maximum atomic E-state index is 9.31. The van der Waals surface area contributed by atoms with Gasteiger partial charge in [0.25, 0.3) is 0 Å². The molecule has 2 aliphatic rings. The predicted molar refractivity (Wildman–Crippen MR) is 72.2 cm³/mol. The normalized spacial score (nSPS) is 34.1. The van der Waals surface area contributed by atoms with Crippen molar-refractivity contribution in [2.45, 2.75) is 69.4 Å². The Labute approximate surface area is 111 Å². The first-order chi connectivity index (χ1) is 8.78. The molecule has 102 valence electrons. The van der Waals surface area contributed by atoms with E-state index in [0.29, 0.717) is 0 Å². The Morgan fingerprint density at radius 1 is 1.22 bits per heavy atom. The Balaban J connectivity index is 1.77. The first-order valence-corrected chi connectivity index (χ1v) is 7.50. The zero-order valence-corrected chi connectivity index (χ0v) is 11.6. The van der Waals surface area contributed by atoms with Gasteiger partial charge < -0.3 is 10.1 Å². The van der Waals surface area contributed by atoms with Gasteiger partial charge in [-0.1, -0.05) is 19.3 Å². The number of ether oxygens (including phenoxy) is 1. The average Bonchev–Trinajstić information content (AvgIpc) is 2.46. The molecule has 0 bridgehead atoms.